The van der Waals surface area contributed by atoms with Crippen LogP contribution in [-0.4, -0.2) is 0 Å². The second kappa shape index (κ2) is 20.3. The van der Waals surface area contributed by atoms with E-state index in [0.29, 0.717) is 0 Å². The molecule has 0 aliphatic rings. The molecule has 0 bridgehead atoms. The Hall–Kier alpha value is -9.00. The van der Waals surface area contributed by atoms with Crippen molar-refractivity contribution >= 4 is 51.2 Å². The summed E-state index contributed by atoms with van der Waals surface area (Å²) in [6.07, 6.45) is 0. The van der Waals surface area contributed by atoms with Crippen LogP contribution >= 0.6 is 0 Å². The number of para-hydroxylation sites is 3. The van der Waals surface area contributed by atoms with E-state index in [4.69, 9.17) is 14.2 Å². The second-order valence-electron chi connectivity index (χ2n) is 17.0. The first-order valence-corrected chi connectivity index (χ1v) is 23.1. The van der Waals surface area contributed by atoms with Crippen molar-refractivity contribution in [3.05, 3.63) is 271 Å². The molecule has 10 rings (SSSR count). The van der Waals surface area contributed by atoms with Gasteiger partial charge >= 0.3 is 0 Å². The van der Waals surface area contributed by atoms with Gasteiger partial charge in [0.05, 0.1) is 17.1 Å². The maximum atomic E-state index is 6.29. The number of nitrogens with zero attached hydrogens (tertiary/aromatic N) is 3. The normalized spacial score (nSPS) is 10.8. The van der Waals surface area contributed by atoms with Crippen LogP contribution in [0, 0.1) is 20.8 Å². The highest BCUT2D eigenvalue weighted by molar-refractivity contribution is 5.89. The molecule has 0 heterocycles. The lowest BCUT2D eigenvalue weighted by atomic mass is 10.1. The van der Waals surface area contributed by atoms with E-state index in [0.717, 1.165) is 102 Å². The molecular formula is C63H51N3O3. The molecule has 336 valence electrons. The van der Waals surface area contributed by atoms with Crippen LogP contribution in [0.4, 0.5) is 51.2 Å². The third-order valence-electron chi connectivity index (χ3n) is 11.7. The molecule has 0 aromatic heterocycles. The van der Waals surface area contributed by atoms with Crippen LogP contribution in [0.3, 0.4) is 0 Å². The molecular weight excluding hydrogens is 847 g/mol. The maximum Gasteiger partial charge on any atom is 0.127 e. The van der Waals surface area contributed by atoms with Crippen LogP contribution in [0.25, 0.3) is 0 Å². The third-order valence-corrected chi connectivity index (χ3v) is 11.7. The van der Waals surface area contributed by atoms with Crippen molar-refractivity contribution in [2.24, 2.45) is 0 Å². The number of anilines is 9. The van der Waals surface area contributed by atoms with Crippen molar-refractivity contribution in [2.75, 3.05) is 14.7 Å². The van der Waals surface area contributed by atoms with Crippen molar-refractivity contribution < 1.29 is 14.2 Å². The predicted octanol–water partition coefficient (Wildman–Crippen LogP) is 18.4. The summed E-state index contributed by atoms with van der Waals surface area (Å²) in [6, 6.07) is 87.4. The molecule has 10 aromatic rings. The maximum absolute atomic E-state index is 6.29. The van der Waals surface area contributed by atoms with E-state index < -0.39 is 0 Å². The van der Waals surface area contributed by atoms with Gasteiger partial charge in [-0.25, -0.2) is 0 Å². The van der Waals surface area contributed by atoms with Crippen LogP contribution < -0.4 is 28.9 Å². The Morgan fingerprint density at radius 3 is 0.696 bits per heavy atom. The third kappa shape index (κ3) is 10.5. The van der Waals surface area contributed by atoms with Gasteiger partial charge in [-0.15, -0.1) is 0 Å². The summed E-state index contributed by atoms with van der Waals surface area (Å²) in [5.41, 5.74) is 12.3. The number of hydrogen-bond donors (Lipinski definition) is 0. The van der Waals surface area contributed by atoms with Gasteiger partial charge in [0.1, 0.15) is 34.5 Å². The average Bonchev–Trinajstić information content (AvgIpc) is 3.37. The first kappa shape index (κ1) is 43.9. The molecule has 0 unspecified atom stereocenters. The Morgan fingerprint density at radius 1 is 0.203 bits per heavy atom. The first-order valence-electron chi connectivity index (χ1n) is 23.1. The molecule has 0 radical (unpaired) electrons. The molecule has 0 spiro atoms. The lowest BCUT2D eigenvalue weighted by Gasteiger charge is -2.33. The quantitative estimate of drug-likeness (QED) is 0.102. The fourth-order valence-electron chi connectivity index (χ4n) is 8.47. The predicted molar refractivity (Wildman–Crippen MR) is 284 cm³/mol. The highest BCUT2D eigenvalue weighted by Crippen LogP contribution is 2.47. The van der Waals surface area contributed by atoms with Gasteiger partial charge in [0, 0.05) is 34.1 Å². The zero-order valence-electron chi connectivity index (χ0n) is 38.8. The molecule has 0 fully saturated rings. The molecule has 0 saturated heterocycles. The van der Waals surface area contributed by atoms with E-state index >= 15 is 0 Å². The number of rotatable bonds is 15. The molecule has 0 saturated carbocycles. The molecule has 69 heavy (non-hydrogen) atoms. The van der Waals surface area contributed by atoms with Gasteiger partial charge < -0.3 is 28.9 Å². The SMILES string of the molecule is Cc1cccc(N(c2ccc(Oc3ccccc3)cc2)c2cc(N(c3ccc(Oc4ccccc4)cc3)c3cccc(C)c3)cc(N(c3ccc(Oc4ccccc4)cc3)c3cccc(C)c3)c2)c1. The number of benzene rings is 10. The van der Waals surface area contributed by atoms with E-state index in [1.807, 2.05) is 127 Å². The lowest BCUT2D eigenvalue weighted by molar-refractivity contribution is 0.482. The summed E-state index contributed by atoms with van der Waals surface area (Å²) in [5, 5.41) is 0. The Kier molecular flexibility index (Phi) is 12.9. The Bertz CT molecular complexity index is 2910. The van der Waals surface area contributed by atoms with Crippen LogP contribution in [0.1, 0.15) is 16.7 Å². The zero-order valence-corrected chi connectivity index (χ0v) is 38.8. The summed E-state index contributed by atoms with van der Waals surface area (Å²) < 4.78 is 18.9. The summed E-state index contributed by atoms with van der Waals surface area (Å²) in [7, 11) is 0. The summed E-state index contributed by atoms with van der Waals surface area (Å²) >= 11 is 0. The largest absolute Gasteiger partial charge is 0.457 e. The van der Waals surface area contributed by atoms with Gasteiger partial charge in [0.2, 0.25) is 0 Å². The molecule has 0 aliphatic heterocycles. The van der Waals surface area contributed by atoms with Crippen molar-refractivity contribution in [3.8, 4) is 34.5 Å². The van der Waals surface area contributed by atoms with Crippen LogP contribution in [0.5, 0.6) is 34.5 Å². The molecule has 6 nitrogen and oxygen atoms in total. The topological polar surface area (TPSA) is 37.4 Å². The van der Waals surface area contributed by atoms with Crippen molar-refractivity contribution in [2.45, 2.75) is 20.8 Å². The fraction of sp³-hybridized carbons (Fsp3) is 0.0476. The summed E-state index contributed by atoms with van der Waals surface area (Å²) in [6.45, 7) is 6.40. The Balaban J connectivity index is 1.17. The summed E-state index contributed by atoms with van der Waals surface area (Å²) in [4.78, 5) is 6.97. The van der Waals surface area contributed by atoms with E-state index in [9.17, 15) is 0 Å². The molecule has 0 aliphatic carbocycles. The Labute approximate surface area is 405 Å². The molecule has 0 amide bonds. The van der Waals surface area contributed by atoms with Gasteiger partial charge in [-0.2, -0.15) is 0 Å². The number of ether oxygens (including phenoxy) is 3. The second-order valence-corrected chi connectivity index (χ2v) is 17.0. The van der Waals surface area contributed by atoms with E-state index in [1.54, 1.807) is 0 Å². The van der Waals surface area contributed by atoms with Crippen molar-refractivity contribution in [1.82, 2.24) is 0 Å². The fourth-order valence-corrected chi connectivity index (χ4v) is 8.47. The van der Waals surface area contributed by atoms with Gasteiger partial charge in [-0.3, -0.25) is 0 Å². The van der Waals surface area contributed by atoms with E-state index in [1.165, 1.54) is 0 Å². The molecule has 10 aromatic carbocycles. The number of hydrogen-bond acceptors (Lipinski definition) is 6. The van der Waals surface area contributed by atoms with Gasteiger partial charge in [0.25, 0.3) is 0 Å². The number of aryl methyl sites for hydroxylation is 3. The van der Waals surface area contributed by atoms with Gasteiger partial charge in [-0.1, -0.05) is 91.0 Å². The van der Waals surface area contributed by atoms with Gasteiger partial charge in [0.15, 0.2) is 0 Å². The Morgan fingerprint density at radius 2 is 0.449 bits per heavy atom. The van der Waals surface area contributed by atoms with Crippen LogP contribution in [-0.2, 0) is 0 Å². The van der Waals surface area contributed by atoms with Crippen LogP contribution in [0.15, 0.2) is 255 Å². The first-order chi connectivity index (χ1) is 33.9. The van der Waals surface area contributed by atoms with E-state index in [2.05, 4.69) is 163 Å². The monoisotopic (exact) mass is 897 g/mol. The minimum atomic E-state index is 0.749. The minimum Gasteiger partial charge on any atom is -0.457 e. The van der Waals surface area contributed by atoms with Crippen molar-refractivity contribution in [3.63, 3.8) is 0 Å². The van der Waals surface area contributed by atoms with Crippen molar-refractivity contribution in [1.29, 1.82) is 0 Å². The standard InChI is InChI=1S/C63H51N3O3/c1-46-16-13-19-52(40-46)64(49-28-34-61(35-29-49)67-58-22-7-4-8-23-58)55-43-56(65(53-20-14-17-47(2)41-53)50-30-36-62(37-31-50)68-59-24-9-5-10-25-59)45-57(44-55)66(54-21-15-18-48(3)42-54)51-32-38-63(39-33-51)69-60-26-11-6-12-27-60/h4-45H,1-3H3. The molecule has 0 N–H and O–H groups in total. The smallest absolute Gasteiger partial charge is 0.127 e. The summed E-state index contributed by atoms with van der Waals surface area (Å²) in [5.74, 6) is 4.59. The zero-order chi connectivity index (χ0) is 46.9. The molecule has 6 heteroatoms. The average molecular weight is 898 g/mol. The van der Waals surface area contributed by atoms with E-state index in [-0.39, 0.29) is 0 Å². The van der Waals surface area contributed by atoms with Crippen LogP contribution in [0.2, 0.25) is 0 Å². The highest BCUT2D eigenvalue weighted by Gasteiger charge is 2.23. The molecule has 0 atom stereocenters. The van der Waals surface area contributed by atoms with Gasteiger partial charge in [-0.05, 0) is 201 Å². The minimum absolute atomic E-state index is 0.749. The highest BCUT2D eigenvalue weighted by atomic mass is 16.5. The lowest BCUT2D eigenvalue weighted by Crippen LogP contribution is -2.16.